The molecular formula is C38H43NO4S. The van der Waals surface area contributed by atoms with Gasteiger partial charge in [0.1, 0.15) is 5.58 Å². The molecule has 5 nitrogen and oxygen atoms in total. The van der Waals surface area contributed by atoms with E-state index in [9.17, 15) is 9.59 Å². The highest BCUT2D eigenvalue weighted by molar-refractivity contribution is 7.99. The summed E-state index contributed by atoms with van der Waals surface area (Å²) in [5.41, 5.74) is 4.41. The van der Waals surface area contributed by atoms with Gasteiger partial charge in [-0.25, -0.2) is 4.79 Å². The number of hydrogen-bond donors (Lipinski definition) is 0. The van der Waals surface area contributed by atoms with E-state index < -0.39 is 5.97 Å². The summed E-state index contributed by atoms with van der Waals surface area (Å²) in [5.74, 6) is 1.15. The first-order chi connectivity index (χ1) is 21.1. The van der Waals surface area contributed by atoms with Crippen molar-refractivity contribution in [3.8, 4) is 0 Å². The van der Waals surface area contributed by atoms with E-state index in [1.54, 1.807) is 11.8 Å². The first-order valence-corrected chi connectivity index (χ1v) is 16.6. The van der Waals surface area contributed by atoms with Crippen molar-refractivity contribution in [1.29, 1.82) is 0 Å². The number of oxime groups is 1. The lowest BCUT2D eigenvalue weighted by molar-refractivity contribution is -0.140. The minimum absolute atomic E-state index is 0.0480. The molecule has 6 heteroatoms. The number of hydrogen-bond acceptors (Lipinski definition) is 6. The van der Waals surface area contributed by atoms with Crippen molar-refractivity contribution >= 4 is 40.2 Å². The quantitative estimate of drug-likeness (QED) is 0.0692. The Kier molecular flexibility index (Phi) is 10.1. The van der Waals surface area contributed by atoms with Gasteiger partial charge in [-0.3, -0.25) is 4.79 Å². The van der Waals surface area contributed by atoms with Gasteiger partial charge < -0.3 is 9.25 Å². The van der Waals surface area contributed by atoms with Gasteiger partial charge in [0.2, 0.25) is 5.78 Å². The first-order valence-electron chi connectivity index (χ1n) is 15.8. The SMILES string of the molecule is CC(=O)O/N=C(/CCC1CCCC1)c1ccc(Sc2ccc(C(=O)c3cc4cc(C(C)(C)CC(C)C)ccc4o3)cc2)cc1. The molecular weight excluding hydrogens is 566 g/mol. The lowest BCUT2D eigenvalue weighted by Crippen LogP contribution is -2.19. The van der Waals surface area contributed by atoms with Crippen molar-refractivity contribution in [2.45, 2.75) is 94.8 Å². The van der Waals surface area contributed by atoms with Gasteiger partial charge in [-0.2, -0.15) is 0 Å². The number of nitrogens with zero attached hydrogens (tertiary/aromatic N) is 1. The first kappa shape index (κ1) is 31.8. The molecule has 1 fully saturated rings. The minimum atomic E-state index is -0.409. The second-order valence-electron chi connectivity index (χ2n) is 13.1. The van der Waals surface area contributed by atoms with Crippen LogP contribution < -0.4 is 0 Å². The lowest BCUT2D eigenvalue weighted by Gasteiger charge is -2.27. The van der Waals surface area contributed by atoms with Crippen LogP contribution in [0.4, 0.5) is 0 Å². The number of fused-ring (bicyclic) bond motifs is 1. The van der Waals surface area contributed by atoms with Gasteiger partial charge in [-0.15, -0.1) is 0 Å². The lowest BCUT2D eigenvalue weighted by atomic mass is 9.78. The van der Waals surface area contributed by atoms with Crippen molar-refractivity contribution in [3.63, 3.8) is 0 Å². The Morgan fingerprint density at radius 2 is 1.57 bits per heavy atom. The Morgan fingerprint density at radius 1 is 0.932 bits per heavy atom. The molecule has 1 aromatic heterocycles. The Balaban J connectivity index is 1.24. The molecule has 0 N–H and O–H groups in total. The van der Waals surface area contributed by atoms with Gasteiger partial charge in [-0.05, 0) is 102 Å². The molecule has 1 aliphatic rings. The number of benzene rings is 3. The molecule has 1 aliphatic carbocycles. The van der Waals surface area contributed by atoms with Crippen LogP contribution in [-0.4, -0.2) is 17.5 Å². The van der Waals surface area contributed by atoms with Crippen molar-refractivity contribution in [2.24, 2.45) is 17.0 Å². The summed E-state index contributed by atoms with van der Waals surface area (Å²) in [6, 6.07) is 24.0. The topological polar surface area (TPSA) is 68.9 Å². The fraction of sp³-hybridized carbons (Fsp3) is 0.395. The van der Waals surface area contributed by atoms with Crippen LogP contribution in [0.5, 0.6) is 0 Å². The molecule has 44 heavy (non-hydrogen) atoms. The van der Waals surface area contributed by atoms with Crippen LogP contribution in [0.1, 0.15) is 107 Å². The molecule has 0 bridgehead atoms. The fourth-order valence-electron chi connectivity index (χ4n) is 6.38. The van der Waals surface area contributed by atoms with E-state index in [0.29, 0.717) is 17.2 Å². The summed E-state index contributed by atoms with van der Waals surface area (Å²) in [6.45, 7) is 10.4. The van der Waals surface area contributed by atoms with Crippen molar-refractivity contribution in [3.05, 3.63) is 95.2 Å². The molecule has 230 valence electrons. The number of furan rings is 1. The third kappa shape index (κ3) is 8.09. The number of carbonyl (C=O) groups is 2. The zero-order valence-corrected chi connectivity index (χ0v) is 27.3. The Morgan fingerprint density at radius 3 is 2.18 bits per heavy atom. The van der Waals surface area contributed by atoms with Crippen LogP contribution >= 0.6 is 11.8 Å². The third-order valence-corrected chi connectivity index (χ3v) is 9.54. The highest BCUT2D eigenvalue weighted by Gasteiger charge is 2.23. The molecule has 3 aromatic carbocycles. The summed E-state index contributed by atoms with van der Waals surface area (Å²) < 4.78 is 5.97. The second kappa shape index (κ2) is 14.0. The molecule has 0 unspecified atom stereocenters. The molecule has 5 rings (SSSR count). The van der Waals surface area contributed by atoms with E-state index >= 15 is 0 Å². The maximum absolute atomic E-state index is 13.3. The highest BCUT2D eigenvalue weighted by Crippen LogP contribution is 2.34. The summed E-state index contributed by atoms with van der Waals surface area (Å²) in [7, 11) is 0. The standard InChI is InChI=1S/C38H43NO4S/c1-25(2)24-38(4,5)31-15-21-35-30(22-31)23-36(42-35)37(41)29-13-18-33(19-14-29)44-32-16-11-28(12-17-32)34(39-43-26(3)40)20-10-27-8-6-7-9-27/h11-19,21-23,25,27H,6-10,20,24H2,1-5H3/b39-34-. The molecule has 0 amide bonds. The largest absolute Gasteiger partial charge is 0.453 e. The van der Waals surface area contributed by atoms with Crippen LogP contribution in [0.15, 0.2) is 92.2 Å². The zero-order valence-electron chi connectivity index (χ0n) is 26.5. The van der Waals surface area contributed by atoms with Gasteiger partial charge >= 0.3 is 5.97 Å². The zero-order chi connectivity index (χ0) is 31.3. The van der Waals surface area contributed by atoms with Crippen LogP contribution in [0.25, 0.3) is 11.0 Å². The van der Waals surface area contributed by atoms with Gasteiger partial charge in [0.25, 0.3) is 0 Å². The summed E-state index contributed by atoms with van der Waals surface area (Å²) in [5, 5.41) is 5.14. The molecule has 4 aromatic rings. The van der Waals surface area contributed by atoms with Crippen LogP contribution in [-0.2, 0) is 15.0 Å². The van der Waals surface area contributed by atoms with Crippen molar-refractivity contribution in [2.75, 3.05) is 0 Å². The predicted molar refractivity (Wildman–Crippen MR) is 179 cm³/mol. The van der Waals surface area contributed by atoms with E-state index in [1.807, 2.05) is 48.5 Å². The second-order valence-corrected chi connectivity index (χ2v) is 14.3. The maximum Gasteiger partial charge on any atom is 0.331 e. The summed E-state index contributed by atoms with van der Waals surface area (Å²) in [6.07, 6.45) is 8.10. The molecule has 0 atom stereocenters. The molecule has 0 saturated heterocycles. The normalized spacial score (nSPS) is 14.5. The van der Waals surface area contributed by atoms with Crippen molar-refractivity contribution in [1.82, 2.24) is 0 Å². The van der Waals surface area contributed by atoms with Gasteiger partial charge in [0, 0.05) is 27.7 Å². The molecule has 1 heterocycles. The van der Waals surface area contributed by atoms with E-state index in [2.05, 4.69) is 57.1 Å². The Bertz CT molecular complexity index is 1620. The van der Waals surface area contributed by atoms with Crippen molar-refractivity contribution < 1.29 is 18.8 Å². The molecule has 0 spiro atoms. The maximum atomic E-state index is 13.3. The smallest absolute Gasteiger partial charge is 0.331 e. The molecule has 0 aliphatic heterocycles. The fourth-order valence-corrected chi connectivity index (χ4v) is 7.20. The van der Waals surface area contributed by atoms with Gasteiger partial charge in [0.05, 0.1) is 5.71 Å². The van der Waals surface area contributed by atoms with E-state index in [4.69, 9.17) is 9.25 Å². The van der Waals surface area contributed by atoms with E-state index in [1.165, 1.54) is 38.2 Å². The third-order valence-electron chi connectivity index (χ3n) is 8.53. The number of carbonyl (C=O) groups excluding carboxylic acids is 2. The summed E-state index contributed by atoms with van der Waals surface area (Å²) in [4.78, 5) is 31.8. The average Bonchev–Trinajstić information content (AvgIpc) is 3.67. The van der Waals surface area contributed by atoms with Crippen LogP contribution in [0.2, 0.25) is 0 Å². The van der Waals surface area contributed by atoms with E-state index in [-0.39, 0.29) is 11.2 Å². The minimum Gasteiger partial charge on any atom is -0.453 e. The number of rotatable bonds is 12. The predicted octanol–water partition coefficient (Wildman–Crippen LogP) is 10.4. The van der Waals surface area contributed by atoms with Crippen LogP contribution in [0, 0.1) is 11.8 Å². The average molecular weight is 610 g/mol. The van der Waals surface area contributed by atoms with Crippen LogP contribution in [0.3, 0.4) is 0 Å². The van der Waals surface area contributed by atoms with Gasteiger partial charge in [0.15, 0.2) is 5.76 Å². The molecule has 0 radical (unpaired) electrons. The number of ketones is 1. The summed E-state index contributed by atoms with van der Waals surface area (Å²) >= 11 is 1.63. The van der Waals surface area contributed by atoms with E-state index in [0.717, 1.165) is 57.2 Å². The Labute approximate surface area is 265 Å². The van der Waals surface area contributed by atoms with Gasteiger partial charge in [-0.1, -0.05) is 88.5 Å². The monoisotopic (exact) mass is 609 g/mol. The highest BCUT2D eigenvalue weighted by atomic mass is 32.2. The Hall–Kier alpha value is -3.64. The molecule has 1 saturated carbocycles.